The fourth-order valence-electron chi connectivity index (χ4n) is 3.10. The highest BCUT2D eigenvalue weighted by molar-refractivity contribution is 4.80. The van der Waals surface area contributed by atoms with Gasteiger partial charge in [-0.05, 0) is 57.0 Å². The van der Waals surface area contributed by atoms with Crippen molar-refractivity contribution in [2.45, 2.75) is 65.3 Å². The zero-order chi connectivity index (χ0) is 12.7. The molecule has 1 rings (SSSR count). The molecule has 0 amide bonds. The summed E-state index contributed by atoms with van der Waals surface area (Å²) < 4.78 is 0. The van der Waals surface area contributed by atoms with Gasteiger partial charge in [0, 0.05) is 12.6 Å². The van der Waals surface area contributed by atoms with E-state index in [9.17, 15) is 0 Å². The average Bonchev–Trinajstić information content (AvgIpc) is 2.34. The van der Waals surface area contributed by atoms with Gasteiger partial charge in [-0.2, -0.15) is 0 Å². The van der Waals surface area contributed by atoms with Gasteiger partial charge >= 0.3 is 0 Å². The molecule has 1 aliphatic rings. The third-order valence-corrected chi connectivity index (χ3v) is 4.16. The monoisotopic (exact) mass is 240 g/mol. The predicted molar refractivity (Wildman–Crippen MR) is 76.1 cm³/mol. The molecule has 0 spiro atoms. The molecule has 0 radical (unpaired) electrons. The summed E-state index contributed by atoms with van der Waals surface area (Å²) in [5.74, 6) is 1.78. The quantitative estimate of drug-likeness (QED) is 0.740. The molecule has 0 atom stereocenters. The van der Waals surface area contributed by atoms with E-state index in [-0.39, 0.29) is 0 Å². The third kappa shape index (κ3) is 5.39. The Morgan fingerprint density at radius 2 is 1.82 bits per heavy atom. The highest BCUT2D eigenvalue weighted by Gasteiger charge is 2.24. The first-order chi connectivity index (χ1) is 8.17. The fourth-order valence-corrected chi connectivity index (χ4v) is 3.10. The Kier molecular flexibility index (Phi) is 7.14. The lowest BCUT2D eigenvalue weighted by Crippen LogP contribution is -2.41. The van der Waals surface area contributed by atoms with Crippen LogP contribution in [0.15, 0.2) is 0 Å². The zero-order valence-electron chi connectivity index (χ0n) is 12.1. The minimum absolute atomic E-state index is 0.775. The number of rotatable bonds is 7. The van der Waals surface area contributed by atoms with Crippen molar-refractivity contribution in [2.75, 3.05) is 19.6 Å². The van der Waals surface area contributed by atoms with Crippen LogP contribution in [0.25, 0.3) is 0 Å². The van der Waals surface area contributed by atoms with Crippen molar-refractivity contribution in [3.63, 3.8) is 0 Å². The van der Waals surface area contributed by atoms with E-state index in [1.54, 1.807) is 0 Å². The zero-order valence-corrected chi connectivity index (χ0v) is 12.1. The molecule has 1 fully saturated rings. The van der Waals surface area contributed by atoms with Crippen molar-refractivity contribution >= 4 is 0 Å². The van der Waals surface area contributed by atoms with Crippen LogP contribution < -0.4 is 5.73 Å². The first-order valence-corrected chi connectivity index (χ1v) is 7.61. The van der Waals surface area contributed by atoms with Crippen LogP contribution in [-0.4, -0.2) is 30.6 Å². The van der Waals surface area contributed by atoms with Crippen molar-refractivity contribution in [3.05, 3.63) is 0 Å². The van der Waals surface area contributed by atoms with Crippen LogP contribution in [0.5, 0.6) is 0 Å². The van der Waals surface area contributed by atoms with Gasteiger partial charge < -0.3 is 10.6 Å². The molecule has 2 heteroatoms. The molecule has 0 aromatic rings. The maximum Gasteiger partial charge on any atom is 0.00955 e. The molecule has 1 saturated carbocycles. The van der Waals surface area contributed by atoms with Gasteiger partial charge in [-0.3, -0.25) is 0 Å². The molecule has 1 aliphatic carbocycles. The van der Waals surface area contributed by atoms with Crippen molar-refractivity contribution in [1.29, 1.82) is 0 Å². The molecule has 0 saturated heterocycles. The summed E-state index contributed by atoms with van der Waals surface area (Å²) in [5, 5.41) is 0. The molecular formula is C15H32N2. The van der Waals surface area contributed by atoms with Crippen LogP contribution in [0.4, 0.5) is 0 Å². The summed E-state index contributed by atoms with van der Waals surface area (Å²) in [7, 11) is 0. The summed E-state index contributed by atoms with van der Waals surface area (Å²) in [6, 6.07) is 0.840. The highest BCUT2D eigenvalue weighted by Crippen LogP contribution is 2.29. The highest BCUT2D eigenvalue weighted by atomic mass is 15.2. The van der Waals surface area contributed by atoms with E-state index in [0.717, 1.165) is 30.8 Å². The van der Waals surface area contributed by atoms with Gasteiger partial charge in [0.05, 0.1) is 0 Å². The van der Waals surface area contributed by atoms with E-state index < -0.39 is 0 Å². The van der Waals surface area contributed by atoms with E-state index in [2.05, 4.69) is 25.7 Å². The van der Waals surface area contributed by atoms with Gasteiger partial charge in [0.2, 0.25) is 0 Å². The second-order valence-corrected chi connectivity index (χ2v) is 6.11. The summed E-state index contributed by atoms with van der Waals surface area (Å²) in [5.41, 5.74) is 5.65. The minimum atomic E-state index is 0.775. The molecule has 102 valence electrons. The molecule has 0 unspecified atom stereocenters. The molecule has 0 heterocycles. The van der Waals surface area contributed by atoms with Gasteiger partial charge in [-0.25, -0.2) is 0 Å². The molecular weight excluding hydrogens is 208 g/mol. The van der Waals surface area contributed by atoms with Gasteiger partial charge in [0.1, 0.15) is 0 Å². The lowest BCUT2D eigenvalue weighted by molar-refractivity contribution is 0.121. The maximum atomic E-state index is 5.65. The normalized spacial score (nSPS) is 25.8. The van der Waals surface area contributed by atoms with Crippen LogP contribution in [0.3, 0.4) is 0 Å². The number of hydrogen-bond donors (Lipinski definition) is 1. The molecule has 0 aliphatic heterocycles. The summed E-state index contributed by atoms with van der Waals surface area (Å²) in [6.07, 6.45) is 8.24. The van der Waals surface area contributed by atoms with Crippen molar-refractivity contribution in [1.82, 2.24) is 4.90 Å². The Hall–Kier alpha value is -0.0800. The standard InChI is InChI=1S/C15H32N2/c1-4-14-6-8-15(9-7-14)17(11-5-10-16)12-13(2)3/h13-15H,4-12,16H2,1-3H3. The van der Waals surface area contributed by atoms with Crippen LogP contribution in [-0.2, 0) is 0 Å². The predicted octanol–water partition coefficient (Wildman–Crippen LogP) is 3.26. The molecule has 0 aromatic heterocycles. The Labute approximate surface area is 108 Å². The topological polar surface area (TPSA) is 29.3 Å². The van der Waals surface area contributed by atoms with Gasteiger partial charge in [0.25, 0.3) is 0 Å². The van der Waals surface area contributed by atoms with E-state index in [0.29, 0.717) is 0 Å². The molecule has 0 bridgehead atoms. The molecule has 17 heavy (non-hydrogen) atoms. The lowest BCUT2D eigenvalue weighted by Gasteiger charge is -2.37. The second-order valence-electron chi connectivity index (χ2n) is 6.11. The summed E-state index contributed by atoms with van der Waals surface area (Å²) >= 11 is 0. The third-order valence-electron chi connectivity index (χ3n) is 4.16. The van der Waals surface area contributed by atoms with Gasteiger partial charge in [0.15, 0.2) is 0 Å². The average molecular weight is 240 g/mol. The number of nitrogens with zero attached hydrogens (tertiary/aromatic N) is 1. The van der Waals surface area contributed by atoms with Crippen molar-refractivity contribution < 1.29 is 0 Å². The minimum Gasteiger partial charge on any atom is -0.330 e. The van der Waals surface area contributed by atoms with Crippen LogP contribution >= 0.6 is 0 Å². The van der Waals surface area contributed by atoms with Crippen molar-refractivity contribution in [3.8, 4) is 0 Å². The summed E-state index contributed by atoms with van der Waals surface area (Å²) in [4.78, 5) is 2.71. The van der Waals surface area contributed by atoms with Crippen molar-refractivity contribution in [2.24, 2.45) is 17.6 Å². The lowest BCUT2D eigenvalue weighted by atomic mass is 9.83. The Morgan fingerprint density at radius 3 is 2.29 bits per heavy atom. The van der Waals surface area contributed by atoms with E-state index in [1.807, 2.05) is 0 Å². The SMILES string of the molecule is CCC1CCC(N(CCCN)CC(C)C)CC1. The van der Waals surface area contributed by atoms with Crippen LogP contribution in [0.2, 0.25) is 0 Å². The first kappa shape index (κ1) is 15.0. The molecule has 2 nitrogen and oxygen atoms in total. The first-order valence-electron chi connectivity index (χ1n) is 7.61. The second kappa shape index (κ2) is 8.10. The molecule has 0 aromatic carbocycles. The number of nitrogens with two attached hydrogens (primary N) is 1. The van der Waals surface area contributed by atoms with E-state index in [4.69, 9.17) is 5.73 Å². The van der Waals surface area contributed by atoms with Crippen LogP contribution in [0, 0.1) is 11.8 Å². The molecule has 2 N–H and O–H groups in total. The fraction of sp³-hybridized carbons (Fsp3) is 1.00. The smallest absolute Gasteiger partial charge is 0.00955 e. The van der Waals surface area contributed by atoms with Gasteiger partial charge in [-0.1, -0.05) is 27.2 Å². The Morgan fingerprint density at radius 1 is 1.18 bits per heavy atom. The van der Waals surface area contributed by atoms with Gasteiger partial charge in [-0.15, -0.1) is 0 Å². The Balaban J connectivity index is 2.40. The van der Waals surface area contributed by atoms with E-state index >= 15 is 0 Å². The largest absolute Gasteiger partial charge is 0.330 e. The summed E-state index contributed by atoms with van der Waals surface area (Å²) in [6.45, 7) is 10.3. The maximum absolute atomic E-state index is 5.65. The Bertz CT molecular complexity index is 183. The van der Waals surface area contributed by atoms with E-state index in [1.165, 1.54) is 45.2 Å². The number of hydrogen-bond acceptors (Lipinski definition) is 2. The van der Waals surface area contributed by atoms with Crippen LogP contribution in [0.1, 0.15) is 59.3 Å².